The van der Waals surface area contributed by atoms with E-state index in [-0.39, 0.29) is 11.5 Å². The van der Waals surface area contributed by atoms with Crippen LogP contribution in [0.15, 0.2) is 22.8 Å². The summed E-state index contributed by atoms with van der Waals surface area (Å²) in [6.07, 6.45) is 1.37. The average Bonchev–Trinajstić information content (AvgIpc) is 2.51. The lowest BCUT2D eigenvalue weighted by atomic mass is 9.98. The fraction of sp³-hybridized carbons (Fsp3) is 0.273. The van der Waals surface area contributed by atoms with Crippen LogP contribution in [0, 0.1) is 11.6 Å². The van der Waals surface area contributed by atoms with E-state index >= 15 is 0 Å². The molecule has 2 rings (SSSR count). The Hall–Kier alpha value is -1.38. The van der Waals surface area contributed by atoms with Gasteiger partial charge in [-0.05, 0) is 12.0 Å². The number of furan rings is 1. The molecule has 14 heavy (non-hydrogen) atoms. The molecule has 74 valence electrons. The van der Waals surface area contributed by atoms with Crippen LogP contribution in [0.2, 0.25) is 0 Å². The number of rotatable bonds is 1. The van der Waals surface area contributed by atoms with Crippen molar-refractivity contribution in [2.24, 2.45) is 0 Å². The SMILES string of the molecule is CC(C)c1c(F)cc(F)c2occc12. The predicted octanol–water partition coefficient (Wildman–Crippen LogP) is 3.83. The summed E-state index contributed by atoms with van der Waals surface area (Å²) in [7, 11) is 0. The fourth-order valence-corrected chi connectivity index (χ4v) is 1.68. The summed E-state index contributed by atoms with van der Waals surface area (Å²) in [5, 5.41) is 0.525. The van der Waals surface area contributed by atoms with Crippen LogP contribution in [0.5, 0.6) is 0 Å². The molecule has 1 aromatic heterocycles. The summed E-state index contributed by atoms with van der Waals surface area (Å²) in [5.74, 6) is -1.14. The highest BCUT2D eigenvalue weighted by atomic mass is 19.1. The Morgan fingerprint density at radius 2 is 1.93 bits per heavy atom. The maximum Gasteiger partial charge on any atom is 0.169 e. The van der Waals surface area contributed by atoms with E-state index in [1.807, 2.05) is 13.8 Å². The minimum Gasteiger partial charge on any atom is -0.461 e. The summed E-state index contributed by atoms with van der Waals surface area (Å²) < 4.78 is 31.6. The van der Waals surface area contributed by atoms with Crippen molar-refractivity contribution in [2.45, 2.75) is 19.8 Å². The number of benzene rings is 1. The van der Waals surface area contributed by atoms with Crippen LogP contribution < -0.4 is 0 Å². The number of hydrogen-bond acceptors (Lipinski definition) is 1. The van der Waals surface area contributed by atoms with Crippen molar-refractivity contribution in [1.82, 2.24) is 0 Å². The third kappa shape index (κ3) is 1.20. The molecule has 0 atom stereocenters. The van der Waals surface area contributed by atoms with Crippen molar-refractivity contribution in [3.63, 3.8) is 0 Å². The van der Waals surface area contributed by atoms with Gasteiger partial charge in [0.2, 0.25) is 0 Å². The molecule has 0 spiro atoms. The van der Waals surface area contributed by atoms with E-state index in [0.29, 0.717) is 10.9 Å². The monoisotopic (exact) mass is 196 g/mol. The zero-order valence-electron chi connectivity index (χ0n) is 7.97. The van der Waals surface area contributed by atoms with Gasteiger partial charge in [-0.3, -0.25) is 0 Å². The van der Waals surface area contributed by atoms with Crippen molar-refractivity contribution in [3.8, 4) is 0 Å². The van der Waals surface area contributed by atoms with Gasteiger partial charge in [-0.1, -0.05) is 13.8 Å². The molecule has 0 fully saturated rings. The fourth-order valence-electron chi connectivity index (χ4n) is 1.68. The van der Waals surface area contributed by atoms with Crippen molar-refractivity contribution < 1.29 is 13.2 Å². The molecule has 1 nitrogen and oxygen atoms in total. The quantitative estimate of drug-likeness (QED) is 0.675. The highest BCUT2D eigenvalue weighted by molar-refractivity contribution is 5.82. The molecule has 3 heteroatoms. The van der Waals surface area contributed by atoms with Crippen molar-refractivity contribution in [3.05, 3.63) is 35.6 Å². The van der Waals surface area contributed by atoms with E-state index in [4.69, 9.17) is 4.42 Å². The molecule has 0 amide bonds. The molecule has 0 radical (unpaired) electrons. The molecular formula is C11H10F2O. The third-order valence-corrected chi connectivity index (χ3v) is 2.26. The molecule has 0 N–H and O–H groups in total. The highest BCUT2D eigenvalue weighted by Gasteiger charge is 2.16. The number of hydrogen-bond donors (Lipinski definition) is 0. The molecule has 0 aliphatic carbocycles. The van der Waals surface area contributed by atoms with Crippen LogP contribution in [-0.2, 0) is 0 Å². The van der Waals surface area contributed by atoms with Crippen molar-refractivity contribution >= 4 is 11.0 Å². The van der Waals surface area contributed by atoms with Crippen LogP contribution in [0.25, 0.3) is 11.0 Å². The van der Waals surface area contributed by atoms with Gasteiger partial charge < -0.3 is 4.42 Å². The maximum atomic E-state index is 13.4. The standard InChI is InChI=1S/C11H10F2O/c1-6(2)10-7-3-4-14-11(7)9(13)5-8(10)12/h3-6H,1-2H3. The second-order valence-electron chi connectivity index (χ2n) is 3.57. The first-order chi connectivity index (χ1) is 6.61. The summed E-state index contributed by atoms with van der Waals surface area (Å²) in [6.45, 7) is 3.73. The topological polar surface area (TPSA) is 13.1 Å². The molecule has 0 unspecified atom stereocenters. The van der Waals surface area contributed by atoms with Crippen LogP contribution in [0.1, 0.15) is 25.3 Å². The van der Waals surface area contributed by atoms with Gasteiger partial charge in [-0.25, -0.2) is 8.78 Å². The Balaban J connectivity index is 2.86. The van der Waals surface area contributed by atoms with E-state index in [9.17, 15) is 8.78 Å². The molecule has 0 aliphatic heterocycles. The smallest absolute Gasteiger partial charge is 0.169 e. The first-order valence-corrected chi connectivity index (χ1v) is 4.46. The van der Waals surface area contributed by atoms with Gasteiger partial charge in [0.25, 0.3) is 0 Å². The minimum absolute atomic E-state index is 0.00991. The van der Waals surface area contributed by atoms with Gasteiger partial charge in [0.15, 0.2) is 11.4 Å². The minimum atomic E-state index is -0.646. The largest absolute Gasteiger partial charge is 0.461 e. The van der Waals surface area contributed by atoms with Crippen LogP contribution in [-0.4, -0.2) is 0 Å². The Morgan fingerprint density at radius 1 is 1.21 bits per heavy atom. The second kappa shape index (κ2) is 3.08. The third-order valence-electron chi connectivity index (χ3n) is 2.26. The van der Waals surface area contributed by atoms with Gasteiger partial charge in [0, 0.05) is 17.0 Å². The Labute approximate surface area is 80.3 Å². The van der Waals surface area contributed by atoms with Crippen molar-refractivity contribution in [1.29, 1.82) is 0 Å². The molecular weight excluding hydrogens is 186 g/mol. The van der Waals surface area contributed by atoms with Gasteiger partial charge in [-0.15, -0.1) is 0 Å². The Bertz CT molecular complexity index is 471. The van der Waals surface area contributed by atoms with Crippen LogP contribution in [0.3, 0.4) is 0 Å². The normalized spacial score (nSPS) is 11.5. The van der Waals surface area contributed by atoms with E-state index in [2.05, 4.69) is 0 Å². The lowest BCUT2D eigenvalue weighted by Gasteiger charge is -2.08. The lowest BCUT2D eigenvalue weighted by molar-refractivity contribution is 0.540. The van der Waals surface area contributed by atoms with Crippen LogP contribution in [0.4, 0.5) is 8.78 Å². The zero-order chi connectivity index (χ0) is 10.3. The molecule has 0 bridgehead atoms. The second-order valence-corrected chi connectivity index (χ2v) is 3.57. The van der Waals surface area contributed by atoms with E-state index in [0.717, 1.165) is 6.07 Å². The zero-order valence-corrected chi connectivity index (χ0v) is 7.97. The van der Waals surface area contributed by atoms with Gasteiger partial charge >= 0.3 is 0 Å². The summed E-state index contributed by atoms with van der Waals surface area (Å²) in [6, 6.07) is 2.47. The van der Waals surface area contributed by atoms with Gasteiger partial charge in [-0.2, -0.15) is 0 Å². The summed E-state index contributed by atoms with van der Waals surface area (Å²) in [4.78, 5) is 0. The Kier molecular flexibility index (Phi) is 2.02. The predicted molar refractivity (Wildman–Crippen MR) is 50.2 cm³/mol. The molecule has 2 aromatic rings. The molecule has 1 heterocycles. The summed E-state index contributed by atoms with van der Waals surface area (Å²) in [5.41, 5.74) is 0.644. The molecule has 0 saturated carbocycles. The summed E-state index contributed by atoms with van der Waals surface area (Å²) >= 11 is 0. The van der Waals surface area contributed by atoms with Gasteiger partial charge in [0.1, 0.15) is 5.82 Å². The first kappa shape index (κ1) is 9.19. The molecule has 0 aliphatic rings. The van der Waals surface area contributed by atoms with E-state index in [1.54, 1.807) is 6.07 Å². The lowest BCUT2D eigenvalue weighted by Crippen LogP contribution is -1.95. The maximum absolute atomic E-state index is 13.4. The molecule has 1 aromatic carbocycles. The molecule has 0 saturated heterocycles. The first-order valence-electron chi connectivity index (χ1n) is 4.46. The van der Waals surface area contributed by atoms with E-state index in [1.165, 1.54) is 6.26 Å². The Morgan fingerprint density at radius 3 is 2.57 bits per heavy atom. The number of halogens is 2. The van der Waals surface area contributed by atoms with Gasteiger partial charge in [0.05, 0.1) is 6.26 Å². The van der Waals surface area contributed by atoms with Crippen molar-refractivity contribution in [2.75, 3.05) is 0 Å². The average molecular weight is 196 g/mol. The number of fused-ring (bicyclic) bond motifs is 1. The van der Waals surface area contributed by atoms with Crippen LogP contribution >= 0.6 is 0 Å². The van der Waals surface area contributed by atoms with E-state index < -0.39 is 11.6 Å². The highest BCUT2D eigenvalue weighted by Crippen LogP contribution is 2.30.